The van der Waals surface area contributed by atoms with Gasteiger partial charge >= 0.3 is 0 Å². The minimum absolute atomic E-state index is 0.250. The molecule has 0 radical (unpaired) electrons. The molecule has 0 bridgehead atoms. The van der Waals surface area contributed by atoms with Gasteiger partial charge in [-0.25, -0.2) is 0 Å². The molecule has 43 heavy (non-hydrogen) atoms. The zero-order valence-electron chi connectivity index (χ0n) is 28.4. The Kier molecular flexibility index (Phi) is 18.9. The monoisotopic (exact) mass is 595 g/mol. The lowest BCUT2D eigenvalue weighted by molar-refractivity contribution is -0.122. The first-order valence-electron chi connectivity index (χ1n) is 17.9. The Hall–Kier alpha value is -1.87. The number of carbonyl (C=O) groups is 1. The van der Waals surface area contributed by atoms with E-state index in [0.717, 1.165) is 29.6 Å². The number of carboxylic acid groups (broad SMARTS) is 1. The van der Waals surface area contributed by atoms with E-state index in [1.54, 1.807) is 5.57 Å². The Morgan fingerprint density at radius 1 is 0.884 bits per heavy atom. The molecule has 2 atom stereocenters. The third-order valence-electron chi connectivity index (χ3n) is 10.4. The van der Waals surface area contributed by atoms with E-state index < -0.39 is 0 Å². The van der Waals surface area contributed by atoms with E-state index in [2.05, 4.69) is 50.8 Å². The van der Waals surface area contributed by atoms with Crippen molar-refractivity contribution in [3.8, 4) is 0 Å². The average molecular weight is 595 g/mol. The van der Waals surface area contributed by atoms with Crippen LogP contribution in [0, 0.1) is 35.5 Å². The summed E-state index contributed by atoms with van der Waals surface area (Å²) in [6, 6.07) is 9.53. The lowest BCUT2D eigenvalue weighted by atomic mass is 9.69. The van der Waals surface area contributed by atoms with Gasteiger partial charge in [-0.3, -0.25) is 4.79 Å². The van der Waals surface area contributed by atoms with Crippen molar-refractivity contribution in [3.05, 3.63) is 53.6 Å². The summed E-state index contributed by atoms with van der Waals surface area (Å²) < 4.78 is 0. The summed E-state index contributed by atoms with van der Waals surface area (Å²) in [6.45, 7) is 12.1. The lowest BCUT2D eigenvalue weighted by Crippen LogP contribution is -2.24. The van der Waals surface area contributed by atoms with Crippen molar-refractivity contribution in [2.24, 2.45) is 35.5 Å². The van der Waals surface area contributed by atoms with E-state index in [-0.39, 0.29) is 6.47 Å². The number of rotatable bonds is 12. The third-order valence-corrected chi connectivity index (χ3v) is 10.4. The molecule has 4 rings (SSSR count). The molecule has 0 amide bonds. The largest absolute Gasteiger partial charge is 0.483 e. The normalized spacial score (nSPS) is 26.1. The molecule has 0 aliphatic heterocycles. The predicted molar refractivity (Wildman–Crippen MR) is 185 cm³/mol. The van der Waals surface area contributed by atoms with E-state index in [4.69, 9.17) is 9.90 Å². The molecular formula is C40H66O3. The molecule has 0 heterocycles. The van der Waals surface area contributed by atoms with E-state index in [1.165, 1.54) is 132 Å². The molecule has 2 saturated carbocycles. The van der Waals surface area contributed by atoms with Crippen molar-refractivity contribution in [1.29, 1.82) is 0 Å². The zero-order chi connectivity index (χ0) is 31.5. The van der Waals surface area contributed by atoms with Gasteiger partial charge < -0.3 is 10.2 Å². The maximum Gasteiger partial charge on any atom is 0.290 e. The number of unbranched alkanes of at least 4 members (excludes halogenated alkanes) is 2. The standard InChI is InChI=1S/C35H56O.C4H8.CH2O2/c1-3-4-5-6-28-13-17-32(18-14-28)34-21-23-35(24-22-34)33-19-15-30(16-20-33)8-7-29-9-11-31(12-10-29)25-27(2)26-36;1-4(2)3;2-1-3/h13-14,17-18,21,27,29-31,33,35-36H,3-12,15-16,19-20,22-26H2,1-2H3;1H2,2-3H3;1H,(H,2,3). The minimum atomic E-state index is -0.250. The maximum atomic E-state index is 9.34. The first-order valence-corrected chi connectivity index (χ1v) is 17.9. The fraction of sp³-hybridized carbons (Fsp3) is 0.725. The van der Waals surface area contributed by atoms with Crippen LogP contribution in [0.3, 0.4) is 0 Å². The summed E-state index contributed by atoms with van der Waals surface area (Å²) in [5.74, 6) is 5.33. The topological polar surface area (TPSA) is 57.5 Å². The molecule has 0 spiro atoms. The summed E-state index contributed by atoms with van der Waals surface area (Å²) in [7, 11) is 0. The van der Waals surface area contributed by atoms with Gasteiger partial charge in [-0.2, -0.15) is 0 Å². The van der Waals surface area contributed by atoms with Crippen molar-refractivity contribution >= 4 is 12.0 Å². The third kappa shape index (κ3) is 15.1. The zero-order valence-corrected chi connectivity index (χ0v) is 28.4. The first kappa shape index (κ1) is 37.3. The molecule has 1 aromatic carbocycles. The van der Waals surface area contributed by atoms with Crippen LogP contribution in [0.1, 0.15) is 148 Å². The quantitative estimate of drug-likeness (QED) is 0.144. The molecule has 2 unspecified atom stereocenters. The van der Waals surface area contributed by atoms with Crippen LogP contribution in [-0.2, 0) is 11.2 Å². The van der Waals surface area contributed by atoms with Crippen molar-refractivity contribution in [3.63, 3.8) is 0 Å². The van der Waals surface area contributed by atoms with E-state index >= 15 is 0 Å². The van der Waals surface area contributed by atoms with Gasteiger partial charge in [0, 0.05) is 6.61 Å². The predicted octanol–water partition coefficient (Wildman–Crippen LogP) is 11.3. The molecule has 3 aliphatic carbocycles. The smallest absolute Gasteiger partial charge is 0.290 e. The molecule has 0 saturated heterocycles. The minimum Gasteiger partial charge on any atom is -0.483 e. The van der Waals surface area contributed by atoms with Gasteiger partial charge in [0.05, 0.1) is 0 Å². The second-order valence-corrected chi connectivity index (χ2v) is 14.5. The molecule has 3 aliphatic rings. The fourth-order valence-electron chi connectivity index (χ4n) is 7.83. The Bertz CT molecular complexity index is 896. The fourth-order valence-corrected chi connectivity index (χ4v) is 7.83. The van der Waals surface area contributed by atoms with Crippen LogP contribution in [0.15, 0.2) is 42.5 Å². The number of aryl methyl sites for hydroxylation is 1. The second-order valence-electron chi connectivity index (χ2n) is 14.5. The Balaban J connectivity index is 0.000000836. The molecule has 2 fully saturated rings. The van der Waals surface area contributed by atoms with Gasteiger partial charge in [0.25, 0.3) is 6.47 Å². The molecule has 1 aromatic rings. The van der Waals surface area contributed by atoms with Crippen LogP contribution in [0.25, 0.3) is 5.57 Å². The van der Waals surface area contributed by atoms with Crippen LogP contribution in [0.2, 0.25) is 0 Å². The summed E-state index contributed by atoms with van der Waals surface area (Å²) in [4.78, 5) is 8.36. The highest BCUT2D eigenvalue weighted by Crippen LogP contribution is 2.43. The first-order chi connectivity index (χ1) is 20.8. The van der Waals surface area contributed by atoms with Crippen LogP contribution < -0.4 is 0 Å². The number of aliphatic hydroxyl groups is 1. The SMILES string of the molecule is C=C(C)C.CCCCCc1ccc(C2=CCC(C3CCC(CCC4CCC(CC(C)CO)CC4)CC3)CC2)cc1.O=CO. The summed E-state index contributed by atoms with van der Waals surface area (Å²) >= 11 is 0. The number of benzene rings is 1. The Morgan fingerprint density at radius 3 is 1.91 bits per heavy atom. The van der Waals surface area contributed by atoms with Gasteiger partial charge in [0.1, 0.15) is 0 Å². The highest BCUT2D eigenvalue weighted by Gasteiger charge is 2.30. The highest BCUT2D eigenvalue weighted by molar-refractivity contribution is 5.66. The van der Waals surface area contributed by atoms with Crippen LogP contribution in [-0.4, -0.2) is 23.3 Å². The van der Waals surface area contributed by atoms with Gasteiger partial charge in [-0.1, -0.05) is 114 Å². The van der Waals surface area contributed by atoms with Crippen molar-refractivity contribution in [2.45, 2.75) is 143 Å². The van der Waals surface area contributed by atoms with Gasteiger partial charge in [0.15, 0.2) is 0 Å². The van der Waals surface area contributed by atoms with Crippen molar-refractivity contribution in [2.75, 3.05) is 6.61 Å². The Labute approximate surface area is 265 Å². The summed E-state index contributed by atoms with van der Waals surface area (Å²) in [5, 5.41) is 16.2. The number of aliphatic hydroxyl groups excluding tert-OH is 1. The van der Waals surface area contributed by atoms with Crippen molar-refractivity contribution < 1.29 is 15.0 Å². The molecule has 2 N–H and O–H groups in total. The molecule has 0 aromatic heterocycles. The van der Waals surface area contributed by atoms with Crippen LogP contribution in [0.5, 0.6) is 0 Å². The van der Waals surface area contributed by atoms with Crippen LogP contribution in [0.4, 0.5) is 0 Å². The van der Waals surface area contributed by atoms with Crippen molar-refractivity contribution in [1.82, 2.24) is 0 Å². The molecule has 244 valence electrons. The van der Waals surface area contributed by atoms with Gasteiger partial charge in [0.2, 0.25) is 0 Å². The van der Waals surface area contributed by atoms with E-state index in [0.29, 0.717) is 12.5 Å². The average Bonchev–Trinajstić information content (AvgIpc) is 3.02. The Morgan fingerprint density at radius 2 is 1.42 bits per heavy atom. The van der Waals surface area contributed by atoms with E-state index in [9.17, 15) is 5.11 Å². The number of hydrogen-bond donors (Lipinski definition) is 2. The molecule has 3 heteroatoms. The second kappa shape index (κ2) is 21.8. The highest BCUT2D eigenvalue weighted by atomic mass is 16.3. The van der Waals surface area contributed by atoms with Gasteiger partial charge in [-0.05, 0) is 117 Å². The molecule has 3 nitrogen and oxygen atoms in total. The maximum absolute atomic E-state index is 9.34. The number of allylic oxidation sites excluding steroid dienone is 3. The summed E-state index contributed by atoms with van der Waals surface area (Å²) in [6.07, 6.45) is 27.8. The molecular weight excluding hydrogens is 528 g/mol. The van der Waals surface area contributed by atoms with E-state index in [1.807, 2.05) is 13.8 Å². The number of hydrogen-bond acceptors (Lipinski definition) is 2. The van der Waals surface area contributed by atoms with Gasteiger partial charge in [-0.15, -0.1) is 6.58 Å². The summed E-state index contributed by atoms with van der Waals surface area (Å²) in [5.41, 5.74) is 5.77. The lowest BCUT2D eigenvalue weighted by Gasteiger charge is -2.36. The van der Waals surface area contributed by atoms with Crippen LogP contribution >= 0.6 is 0 Å².